The summed E-state index contributed by atoms with van der Waals surface area (Å²) in [5, 5.41) is 3.13. The predicted molar refractivity (Wildman–Crippen MR) is 149 cm³/mol. The molecule has 3 aromatic carbocycles. The van der Waals surface area contributed by atoms with Crippen molar-refractivity contribution in [2.45, 2.75) is 37.8 Å². The molecular weight excluding hydrogens is 545 g/mol. The number of nitrogens with one attached hydrogen (secondary N) is 1. The van der Waals surface area contributed by atoms with Crippen molar-refractivity contribution in [3.8, 4) is 5.75 Å². The van der Waals surface area contributed by atoms with Crippen LogP contribution in [0.25, 0.3) is 0 Å². The zero-order valence-electron chi connectivity index (χ0n) is 21.9. The maximum atomic E-state index is 13.9. The molecule has 0 fully saturated rings. The molecule has 39 heavy (non-hydrogen) atoms. The molecule has 0 aromatic heterocycles. The van der Waals surface area contributed by atoms with Gasteiger partial charge in [0.05, 0.1) is 17.7 Å². The first-order valence-electron chi connectivity index (χ1n) is 12.3. The number of sulfonamides is 1. The fourth-order valence-corrected chi connectivity index (χ4v) is 5.55. The second kappa shape index (κ2) is 13.4. The molecule has 8 nitrogen and oxygen atoms in total. The molecule has 0 spiro atoms. The van der Waals surface area contributed by atoms with Gasteiger partial charge in [-0.05, 0) is 79.6 Å². The van der Waals surface area contributed by atoms with Gasteiger partial charge in [-0.25, -0.2) is 12.8 Å². The molecule has 0 bridgehead atoms. The number of anilines is 1. The van der Waals surface area contributed by atoms with Gasteiger partial charge in [0.15, 0.2) is 0 Å². The van der Waals surface area contributed by atoms with E-state index >= 15 is 0 Å². The number of methoxy groups -OCH3 is 1. The topological polar surface area (TPSA) is 96.0 Å². The van der Waals surface area contributed by atoms with E-state index in [0.717, 1.165) is 4.31 Å². The number of nitrogens with zero attached hydrogens (tertiary/aromatic N) is 2. The first kappa shape index (κ1) is 29.9. The summed E-state index contributed by atoms with van der Waals surface area (Å²) in [6.45, 7) is 3.27. The fourth-order valence-electron chi connectivity index (χ4n) is 4.01. The highest BCUT2D eigenvalue weighted by atomic mass is 35.5. The summed E-state index contributed by atoms with van der Waals surface area (Å²) in [7, 11) is -2.76. The van der Waals surface area contributed by atoms with E-state index in [1.165, 1.54) is 84.8 Å². The van der Waals surface area contributed by atoms with Gasteiger partial charge in [0.2, 0.25) is 11.8 Å². The van der Waals surface area contributed by atoms with Gasteiger partial charge in [0.1, 0.15) is 24.2 Å². The monoisotopic (exact) mass is 575 g/mol. The fraction of sp³-hybridized carbons (Fsp3) is 0.286. The van der Waals surface area contributed by atoms with E-state index < -0.39 is 34.3 Å². The molecule has 2 amide bonds. The van der Waals surface area contributed by atoms with Crippen LogP contribution in [0.4, 0.5) is 10.1 Å². The normalized spacial score (nSPS) is 11.9. The van der Waals surface area contributed by atoms with Crippen LogP contribution in [-0.2, 0) is 26.2 Å². The molecule has 3 rings (SSSR count). The van der Waals surface area contributed by atoms with E-state index in [-0.39, 0.29) is 29.5 Å². The van der Waals surface area contributed by atoms with Gasteiger partial charge in [-0.15, -0.1) is 0 Å². The Bertz CT molecular complexity index is 1370. The molecule has 1 N–H and O–H groups in total. The van der Waals surface area contributed by atoms with Crippen molar-refractivity contribution in [3.63, 3.8) is 0 Å². The molecule has 208 valence electrons. The molecule has 1 atom stereocenters. The SMILES string of the molecule is CCNC(=O)[C@H](CC)N(Cc1ccc(F)cc1)C(=O)CN(c1ccc(Cl)cc1)S(=O)(=O)c1ccc(OC)cc1. The zero-order chi connectivity index (χ0) is 28.6. The van der Waals surface area contributed by atoms with Crippen molar-refractivity contribution in [2.24, 2.45) is 0 Å². The number of likely N-dealkylation sites (N-methyl/N-ethyl adjacent to an activating group) is 1. The highest BCUT2D eigenvalue weighted by Crippen LogP contribution is 2.27. The molecule has 11 heteroatoms. The van der Waals surface area contributed by atoms with Crippen LogP contribution in [0.2, 0.25) is 5.02 Å². The number of ether oxygens (including phenoxy) is 1. The van der Waals surface area contributed by atoms with Gasteiger partial charge < -0.3 is 15.0 Å². The summed E-state index contributed by atoms with van der Waals surface area (Å²) in [4.78, 5) is 28.1. The summed E-state index contributed by atoms with van der Waals surface area (Å²) in [5.41, 5.74) is 0.805. The Morgan fingerprint density at radius 2 is 1.59 bits per heavy atom. The minimum atomic E-state index is -4.22. The van der Waals surface area contributed by atoms with Gasteiger partial charge >= 0.3 is 0 Å². The maximum absolute atomic E-state index is 13.9. The Balaban J connectivity index is 2.04. The average molecular weight is 576 g/mol. The largest absolute Gasteiger partial charge is 0.497 e. The standard InChI is InChI=1S/C28H31ClFN3O5S/c1-4-26(28(35)31-5-2)32(18-20-6-10-22(30)11-7-20)27(34)19-33(23-12-8-21(29)9-13-23)39(36,37)25-16-14-24(38-3)15-17-25/h6-17,26H,4-5,18-19H2,1-3H3,(H,31,35)/t26-/m0/s1. The Morgan fingerprint density at radius 3 is 2.13 bits per heavy atom. The average Bonchev–Trinajstić information content (AvgIpc) is 2.93. The summed E-state index contributed by atoms with van der Waals surface area (Å²) in [6, 6.07) is 16.5. The van der Waals surface area contributed by atoms with Gasteiger partial charge in [0, 0.05) is 18.1 Å². The first-order chi connectivity index (χ1) is 18.6. The summed E-state index contributed by atoms with van der Waals surface area (Å²) < 4.78 is 47.3. The molecule has 0 aliphatic carbocycles. The Kier molecular flexibility index (Phi) is 10.3. The number of benzene rings is 3. The number of hydrogen-bond donors (Lipinski definition) is 1. The number of rotatable bonds is 12. The summed E-state index contributed by atoms with van der Waals surface area (Å²) >= 11 is 6.04. The molecule has 0 heterocycles. The van der Waals surface area contributed by atoms with E-state index in [2.05, 4.69) is 5.32 Å². The molecule has 0 aliphatic rings. The van der Waals surface area contributed by atoms with Crippen LogP contribution in [0.15, 0.2) is 77.7 Å². The third-order valence-electron chi connectivity index (χ3n) is 6.04. The third kappa shape index (κ3) is 7.48. The van der Waals surface area contributed by atoms with Crippen LogP contribution < -0.4 is 14.4 Å². The molecule has 3 aromatic rings. The van der Waals surface area contributed by atoms with Crippen molar-refractivity contribution in [3.05, 3.63) is 89.2 Å². The number of halogens is 2. The lowest BCUT2D eigenvalue weighted by atomic mass is 10.1. The van der Waals surface area contributed by atoms with Gasteiger partial charge in [0.25, 0.3) is 10.0 Å². The maximum Gasteiger partial charge on any atom is 0.264 e. The minimum Gasteiger partial charge on any atom is -0.497 e. The van der Waals surface area contributed by atoms with Crippen LogP contribution in [0.1, 0.15) is 25.8 Å². The second-order valence-electron chi connectivity index (χ2n) is 8.63. The van der Waals surface area contributed by atoms with Gasteiger partial charge in [-0.3, -0.25) is 13.9 Å². The highest BCUT2D eigenvalue weighted by Gasteiger charge is 2.33. The molecule has 0 unspecified atom stereocenters. The van der Waals surface area contributed by atoms with Gasteiger partial charge in [-0.1, -0.05) is 30.7 Å². The van der Waals surface area contributed by atoms with Crippen LogP contribution in [-0.4, -0.2) is 51.4 Å². The Labute approximate surface area is 233 Å². The first-order valence-corrected chi connectivity index (χ1v) is 14.2. The number of carbonyl (C=O) groups excluding carboxylic acids is 2. The van der Waals surface area contributed by atoms with E-state index in [4.69, 9.17) is 16.3 Å². The second-order valence-corrected chi connectivity index (χ2v) is 10.9. The summed E-state index contributed by atoms with van der Waals surface area (Å²) in [6.07, 6.45) is 0.283. The lowest BCUT2D eigenvalue weighted by molar-refractivity contribution is -0.140. The van der Waals surface area contributed by atoms with Crippen LogP contribution in [0.3, 0.4) is 0 Å². The minimum absolute atomic E-state index is 0.0220. The smallest absolute Gasteiger partial charge is 0.264 e. The van der Waals surface area contributed by atoms with E-state index in [9.17, 15) is 22.4 Å². The molecule has 0 saturated carbocycles. The number of hydrogen-bond acceptors (Lipinski definition) is 5. The molecule has 0 radical (unpaired) electrons. The quantitative estimate of drug-likeness (QED) is 0.340. The highest BCUT2D eigenvalue weighted by molar-refractivity contribution is 7.92. The van der Waals surface area contributed by atoms with Gasteiger partial charge in [-0.2, -0.15) is 0 Å². The van der Waals surface area contributed by atoms with Crippen molar-refractivity contribution in [1.82, 2.24) is 10.2 Å². The lowest BCUT2D eigenvalue weighted by Crippen LogP contribution is -2.52. The number of carbonyl (C=O) groups is 2. The van der Waals surface area contributed by atoms with Crippen LogP contribution in [0, 0.1) is 5.82 Å². The van der Waals surface area contributed by atoms with E-state index in [1.807, 2.05) is 0 Å². The Hall–Kier alpha value is -3.63. The Morgan fingerprint density at radius 1 is 0.974 bits per heavy atom. The molecule has 0 saturated heterocycles. The van der Waals surface area contributed by atoms with Crippen molar-refractivity contribution in [2.75, 3.05) is 24.5 Å². The summed E-state index contributed by atoms with van der Waals surface area (Å²) in [5.74, 6) is -0.941. The predicted octanol–water partition coefficient (Wildman–Crippen LogP) is 4.63. The number of amides is 2. The van der Waals surface area contributed by atoms with Crippen LogP contribution in [0.5, 0.6) is 5.75 Å². The third-order valence-corrected chi connectivity index (χ3v) is 8.08. The van der Waals surface area contributed by atoms with E-state index in [1.54, 1.807) is 13.8 Å². The molecular formula is C28H31ClFN3O5S. The zero-order valence-corrected chi connectivity index (χ0v) is 23.5. The lowest BCUT2D eigenvalue weighted by Gasteiger charge is -2.33. The van der Waals surface area contributed by atoms with Crippen molar-refractivity contribution < 1.29 is 27.1 Å². The van der Waals surface area contributed by atoms with Crippen molar-refractivity contribution in [1.29, 1.82) is 0 Å². The van der Waals surface area contributed by atoms with Crippen LogP contribution >= 0.6 is 11.6 Å². The van der Waals surface area contributed by atoms with E-state index in [0.29, 0.717) is 22.9 Å². The molecule has 0 aliphatic heterocycles. The van der Waals surface area contributed by atoms with Crippen molar-refractivity contribution >= 4 is 39.1 Å².